The van der Waals surface area contributed by atoms with Crippen LogP contribution in [0.5, 0.6) is 11.5 Å². The van der Waals surface area contributed by atoms with Crippen LogP contribution >= 0.6 is 0 Å². The minimum Gasteiger partial charge on any atom is -0.497 e. The molecule has 1 amide bonds. The molecule has 0 unspecified atom stereocenters. The maximum absolute atomic E-state index is 12.7. The van der Waals surface area contributed by atoms with Crippen LogP contribution in [0.15, 0.2) is 53.5 Å². The minimum atomic E-state index is -0.323. The summed E-state index contributed by atoms with van der Waals surface area (Å²) in [6, 6.07) is 13.2. The quantitative estimate of drug-likeness (QED) is 0.491. The first-order valence-electron chi connectivity index (χ1n) is 9.55. The predicted octanol–water partition coefficient (Wildman–Crippen LogP) is 2.25. The number of hydrogen-bond acceptors (Lipinski definition) is 5. The lowest BCUT2D eigenvalue weighted by atomic mass is 10.1. The van der Waals surface area contributed by atoms with Gasteiger partial charge in [0, 0.05) is 28.9 Å². The topological polar surface area (TPSA) is 98.2 Å². The average molecular weight is 406 g/mol. The van der Waals surface area contributed by atoms with Gasteiger partial charge in [-0.15, -0.1) is 0 Å². The van der Waals surface area contributed by atoms with Gasteiger partial charge < -0.3 is 19.8 Å². The number of rotatable bonds is 7. The number of benzene rings is 2. The Labute approximate surface area is 172 Å². The summed E-state index contributed by atoms with van der Waals surface area (Å²) in [5, 5.41) is 8.68. The van der Waals surface area contributed by atoms with Gasteiger partial charge in [-0.25, -0.2) is 4.68 Å². The highest BCUT2D eigenvalue weighted by Gasteiger charge is 2.12. The summed E-state index contributed by atoms with van der Waals surface area (Å²) < 4.78 is 11.7. The molecule has 4 rings (SSSR count). The van der Waals surface area contributed by atoms with Crippen molar-refractivity contribution in [1.29, 1.82) is 0 Å². The van der Waals surface area contributed by atoms with E-state index in [1.807, 2.05) is 36.4 Å². The summed E-state index contributed by atoms with van der Waals surface area (Å²) in [5.74, 6) is 1.12. The lowest BCUT2D eigenvalue weighted by Crippen LogP contribution is -2.34. The second kappa shape index (κ2) is 8.28. The molecule has 30 heavy (non-hydrogen) atoms. The molecule has 0 aliphatic carbocycles. The van der Waals surface area contributed by atoms with Gasteiger partial charge in [-0.05, 0) is 24.1 Å². The second-order valence-corrected chi connectivity index (χ2v) is 6.84. The standard InChI is InChI=1S/C22H22N4O4/c1-29-15-8-7-14(19(11-15)30-2)9-10-23-20(27)13-26-22(28)21-17(12-24-26)16-5-3-4-6-18(16)25-21/h3-8,11-12,25H,9-10,13H2,1-2H3,(H,23,27). The van der Waals surface area contributed by atoms with E-state index >= 15 is 0 Å². The normalized spacial score (nSPS) is 11.0. The van der Waals surface area contributed by atoms with Gasteiger partial charge in [0.2, 0.25) is 5.91 Å². The molecule has 2 heterocycles. The van der Waals surface area contributed by atoms with E-state index in [1.165, 1.54) is 4.68 Å². The second-order valence-electron chi connectivity index (χ2n) is 6.84. The molecule has 154 valence electrons. The zero-order chi connectivity index (χ0) is 21.1. The maximum Gasteiger partial charge on any atom is 0.291 e. The number of nitrogens with one attached hydrogen (secondary N) is 2. The first-order chi connectivity index (χ1) is 14.6. The largest absolute Gasteiger partial charge is 0.497 e. The van der Waals surface area contributed by atoms with Crippen LogP contribution in [0.2, 0.25) is 0 Å². The molecule has 0 saturated heterocycles. The molecule has 0 aliphatic rings. The maximum atomic E-state index is 12.7. The molecule has 2 N–H and O–H groups in total. The number of aromatic nitrogens is 3. The van der Waals surface area contributed by atoms with Crippen LogP contribution in [0, 0.1) is 0 Å². The molecule has 0 bridgehead atoms. The van der Waals surface area contributed by atoms with Gasteiger partial charge in [-0.2, -0.15) is 5.10 Å². The smallest absolute Gasteiger partial charge is 0.291 e. The number of para-hydroxylation sites is 1. The number of hydrogen-bond donors (Lipinski definition) is 2. The number of carbonyl (C=O) groups excluding carboxylic acids is 1. The highest BCUT2D eigenvalue weighted by Crippen LogP contribution is 2.24. The fraction of sp³-hybridized carbons (Fsp3) is 0.227. The van der Waals surface area contributed by atoms with Crippen molar-refractivity contribution in [3.8, 4) is 11.5 Å². The fourth-order valence-corrected chi connectivity index (χ4v) is 3.47. The Morgan fingerprint density at radius 3 is 2.77 bits per heavy atom. The van der Waals surface area contributed by atoms with Gasteiger partial charge in [-0.1, -0.05) is 24.3 Å². The third kappa shape index (κ3) is 3.71. The number of amides is 1. The minimum absolute atomic E-state index is 0.149. The lowest BCUT2D eigenvalue weighted by Gasteiger charge is -2.11. The molecule has 0 atom stereocenters. The molecule has 8 nitrogen and oxygen atoms in total. The molecular formula is C22H22N4O4. The van der Waals surface area contributed by atoms with Crippen molar-refractivity contribution in [1.82, 2.24) is 20.1 Å². The Morgan fingerprint density at radius 1 is 1.13 bits per heavy atom. The van der Waals surface area contributed by atoms with Gasteiger partial charge in [0.15, 0.2) is 0 Å². The van der Waals surface area contributed by atoms with Gasteiger partial charge in [0.25, 0.3) is 5.56 Å². The van der Waals surface area contributed by atoms with Crippen LogP contribution < -0.4 is 20.3 Å². The summed E-state index contributed by atoms with van der Waals surface area (Å²) in [6.45, 7) is 0.259. The summed E-state index contributed by atoms with van der Waals surface area (Å²) in [6.07, 6.45) is 2.20. The Kier molecular flexibility index (Phi) is 5.38. The Morgan fingerprint density at radius 2 is 1.97 bits per heavy atom. The molecule has 0 radical (unpaired) electrons. The number of carbonyl (C=O) groups is 1. The third-order valence-corrected chi connectivity index (χ3v) is 5.02. The first-order valence-corrected chi connectivity index (χ1v) is 9.55. The lowest BCUT2D eigenvalue weighted by molar-refractivity contribution is -0.121. The third-order valence-electron chi connectivity index (χ3n) is 5.02. The van der Waals surface area contributed by atoms with E-state index in [0.717, 1.165) is 21.9 Å². The van der Waals surface area contributed by atoms with Gasteiger partial charge in [0.05, 0.1) is 20.4 Å². The van der Waals surface area contributed by atoms with Crippen LogP contribution in [-0.4, -0.2) is 41.4 Å². The monoisotopic (exact) mass is 406 g/mol. The fourth-order valence-electron chi connectivity index (χ4n) is 3.47. The van der Waals surface area contributed by atoms with E-state index in [4.69, 9.17) is 9.47 Å². The van der Waals surface area contributed by atoms with Crippen molar-refractivity contribution in [2.75, 3.05) is 20.8 Å². The number of fused-ring (bicyclic) bond motifs is 3. The zero-order valence-corrected chi connectivity index (χ0v) is 16.8. The van der Waals surface area contributed by atoms with Gasteiger partial charge >= 0.3 is 0 Å². The van der Waals surface area contributed by atoms with E-state index < -0.39 is 0 Å². The van der Waals surface area contributed by atoms with Crippen LogP contribution in [-0.2, 0) is 17.8 Å². The summed E-state index contributed by atoms with van der Waals surface area (Å²) >= 11 is 0. The van der Waals surface area contributed by atoms with Crippen molar-refractivity contribution >= 4 is 27.7 Å². The molecular weight excluding hydrogens is 384 g/mol. The number of H-pyrrole nitrogens is 1. The van der Waals surface area contributed by atoms with Gasteiger partial charge in [-0.3, -0.25) is 9.59 Å². The van der Waals surface area contributed by atoms with Crippen LogP contribution in [0.3, 0.4) is 0 Å². The summed E-state index contributed by atoms with van der Waals surface area (Å²) in [5.41, 5.74) is 1.94. The van der Waals surface area contributed by atoms with E-state index in [0.29, 0.717) is 30.0 Å². The highest BCUT2D eigenvalue weighted by atomic mass is 16.5. The highest BCUT2D eigenvalue weighted by molar-refractivity contribution is 6.06. The zero-order valence-electron chi connectivity index (χ0n) is 16.8. The van der Waals surface area contributed by atoms with Crippen molar-refractivity contribution < 1.29 is 14.3 Å². The van der Waals surface area contributed by atoms with Crippen LogP contribution in [0.1, 0.15) is 5.56 Å². The van der Waals surface area contributed by atoms with Crippen molar-refractivity contribution in [3.63, 3.8) is 0 Å². The van der Waals surface area contributed by atoms with E-state index in [9.17, 15) is 9.59 Å². The average Bonchev–Trinajstić information content (AvgIpc) is 3.15. The molecule has 8 heteroatoms. The van der Waals surface area contributed by atoms with Crippen LogP contribution in [0.4, 0.5) is 0 Å². The Bertz CT molecular complexity index is 1280. The number of aromatic amines is 1. The molecule has 0 fully saturated rings. The van der Waals surface area contributed by atoms with Crippen molar-refractivity contribution in [3.05, 3.63) is 64.6 Å². The first kappa shape index (κ1) is 19.5. The molecule has 0 saturated carbocycles. The Balaban J connectivity index is 1.43. The van der Waals surface area contributed by atoms with Gasteiger partial charge in [0.1, 0.15) is 23.6 Å². The summed E-state index contributed by atoms with van der Waals surface area (Å²) in [7, 11) is 3.19. The predicted molar refractivity (Wildman–Crippen MR) is 114 cm³/mol. The molecule has 4 aromatic rings. The molecule has 2 aromatic carbocycles. The van der Waals surface area contributed by atoms with E-state index in [-0.39, 0.29) is 18.0 Å². The van der Waals surface area contributed by atoms with Crippen molar-refractivity contribution in [2.45, 2.75) is 13.0 Å². The molecule has 0 aliphatic heterocycles. The molecule has 0 spiro atoms. The van der Waals surface area contributed by atoms with E-state index in [2.05, 4.69) is 15.4 Å². The number of nitrogens with zero attached hydrogens (tertiary/aromatic N) is 2. The summed E-state index contributed by atoms with van der Waals surface area (Å²) in [4.78, 5) is 28.2. The Hall–Kier alpha value is -3.81. The number of methoxy groups -OCH3 is 2. The molecule has 2 aromatic heterocycles. The number of ether oxygens (including phenoxy) is 2. The van der Waals surface area contributed by atoms with Crippen LogP contribution in [0.25, 0.3) is 21.8 Å². The van der Waals surface area contributed by atoms with Crippen molar-refractivity contribution in [2.24, 2.45) is 0 Å². The van der Waals surface area contributed by atoms with E-state index in [1.54, 1.807) is 26.5 Å². The SMILES string of the molecule is COc1ccc(CCNC(=O)Cn2ncc3c([nH]c4ccccc43)c2=O)c(OC)c1.